The van der Waals surface area contributed by atoms with Crippen LogP contribution in [0.1, 0.15) is 25.3 Å². The monoisotopic (exact) mass is 490 g/mol. The maximum Gasteiger partial charge on any atom is 0.266 e. The Hall–Kier alpha value is -2.12. The molecule has 160 valence electrons. The Morgan fingerprint density at radius 1 is 1.16 bits per heavy atom. The molecule has 1 aliphatic rings. The average molecular weight is 491 g/mol. The van der Waals surface area contributed by atoms with E-state index in [0.29, 0.717) is 37.9 Å². The lowest BCUT2D eigenvalue weighted by atomic mass is 10.1. The zero-order chi connectivity index (χ0) is 22.4. The standard InChI is InChI=1S/C23H20Cl2N2O2S2/c1-15(10-16-6-3-2-4-7-16)11-20-22(29)27(23(30)31-20)9-5-8-21(28)26-19-13-17(24)12-18(25)14-19/h2-4,6-7,10-14H,5,8-9H2,1H3,(H,26,28). The number of carbonyl (C=O) groups is 2. The van der Waals surface area contributed by atoms with Crippen LogP contribution in [-0.2, 0) is 9.59 Å². The van der Waals surface area contributed by atoms with Gasteiger partial charge in [-0.3, -0.25) is 14.5 Å². The molecular weight excluding hydrogens is 471 g/mol. The number of nitrogens with zero attached hydrogens (tertiary/aromatic N) is 1. The molecule has 8 heteroatoms. The molecule has 3 rings (SSSR count). The fraction of sp³-hybridized carbons (Fsp3) is 0.174. The fourth-order valence-electron chi connectivity index (χ4n) is 3.00. The molecule has 0 spiro atoms. The Morgan fingerprint density at radius 3 is 2.52 bits per heavy atom. The molecule has 0 unspecified atom stereocenters. The second kappa shape index (κ2) is 11.0. The highest BCUT2D eigenvalue weighted by molar-refractivity contribution is 8.26. The number of allylic oxidation sites excluding steroid dienone is 2. The molecule has 0 saturated carbocycles. The lowest BCUT2D eigenvalue weighted by molar-refractivity contribution is -0.122. The molecule has 1 heterocycles. The molecule has 2 amide bonds. The topological polar surface area (TPSA) is 49.4 Å². The molecule has 4 nitrogen and oxygen atoms in total. The van der Waals surface area contributed by atoms with E-state index in [4.69, 9.17) is 35.4 Å². The van der Waals surface area contributed by atoms with Gasteiger partial charge in [-0.25, -0.2) is 0 Å². The number of anilines is 1. The van der Waals surface area contributed by atoms with Gasteiger partial charge in [0.25, 0.3) is 5.91 Å². The van der Waals surface area contributed by atoms with Crippen LogP contribution in [0.5, 0.6) is 0 Å². The van der Waals surface area contributed by atoms with Crippen LogP contribution < -0.4 is 5.32 Å². The summed E-state index contributed by atoms with van der Waals surface area (Å²) >= 11 is 18.5. The molecule has 31 heavy (non-hydrogen) atoms. The number of halogens is 2. The SMILES string of the molecule is CC(=Cc1ccccc1)C=C1SC(=S)N(CCCC(=O)Nc2cc(Cl)cc(Cl)c2)C1=O. The second-order valence-electron chi connectivity index (χ2n) is 6.94. The van der Waals surface area contributed by atoms with Crippen LogP contribution in [0.15, 0.2) is 65.1 Å². The van der Waals surface area contributed by atoms with Crippen LogP contribution >= 0.6 is 47.2 Å². The first kappa shape index (κ1) is 23.5. The van der Waals surface area contributed by atoms with Gasteiger partial charge in [-0.05, 0) is 48.8 Å². The lowest BCUT2D eigenvalue weighted by Crippen LogP contribution is -2.29. The number of nitrogens with one attached hydrogen (secondary N) is 1. The molecule has 0 aliphatic carbocycles. The van der Waals surface area contributed by atoms with Crippen molar-refractivity contribution >= 4 is 75.1 Å². The van der Waals surface area contributed by atoms with Crippen LogP contribution in [-0.4, -0.2) is 27.6 Å². The highest BCUT2D eigenvalue weighted by Crippen LogP contribution is 2.32. The number of carbonyl (C=O) groups excluding carboxylic acids is 2. The molecule has 0 atom stereocenters. The highest BCUT2D eigenvalue weighted by atomic mass is 35.5. The van der Waals surface area contributed by atoms with Gasteiger partial charge in [0.15, 0.2) is 0 Å². The van der Waals surface area contributed by atoms with Crippen molar-refractivity contribution in [2.75, 3.05) is 11.9 Å². The summed E-state index contributed by atoms with van der Waals surface area (Å²) < 4.78 is 0.505. The van der Waals surface area contributed by atoms with Crippen LogP contribution in [0.2, 0.25) is 10.0 Å². The Kier molecular flexibility index (Phi) is 8.32. The number of hydrogen-bond acceptors (Lipinski definition) is 4. The Balaban J connectivity index is 1.54. The summed E-state index contributed by atoms with van der Waals surface area (Å²) in [6, 6.07) is 14.8. The summed E-state index contributed by atoms with van der Waals surface area (Å²) in [5.74, 6) is -0.307. The minimum Gasteiger partial charge on any atom is -0.326 e. The smallest absolute Gasteiger partial charge is 0.266 e. The van der Waals surface area contributed by atoms with E-state index in [1.54, 1.807) is 23.1 Å². The number of amides is 2. The lowest BCUT2D eigenvalue weighted by Gasteiger charge is -2.14. The third-order valence-corrected chi connectivity index (χ3v) is 6.17. The molecule has 2 aromatic carbocycles. The molecule has 0 bridgehead atoms. The first-order valence-electron chi connectivity index (χ1n) is 9.56. The molecule has 1 aliphatic heterocycles. The minimum absolute atomic E-state index is 0.127. The van der Waals surface area contributed by atoms with Crippen molar-refractivity contribution in [3.8, 4) is 0 Å². The number of hydrogen-bond donors (Lipinski definition) is 1. The summed E-state index contributed by atoms with van der Waals surface area (Å²) in [4.78, 5) is 27.1. The van der Waals surface area contributed by atoms with Crippen molar-refractivity contribution in [3.05, 3.63) is 80.7 Å². The minimum atomic E-state index is -0.180. The van der Waals surface area contributed by atoms with E-state index in [1.807, 2.05) is 49.4 Å². The van der Waals surface area contributed by atoms with E-state index in [0.717, 1.165) is 11.1 Å². The summed E-state index contributed by atoms with van der Waals surface area (Å²) in [7, 11) is 0. The van der Waals surface area contributed by atoms with Crippen molar-refractivity contribution in [2.24, 2.45) is 0 Å². The molecule has 1 fully saturated rings. The number of benzene rings is 2. The van der Waals surface area contributed by atoms with Crippen molar-refractivity contribution in [1.82, 2.24) is 4.90 Å². The molecule has 1 saturated heterocycles. The van der Waals surface area contributed by atoms with Crippen LogP contribution in [0, 0.1) is 0 Å². The molecule has 0 aromatic heterocycles. The number of thiocarbonyl (C=S) groups is 1. The maximum atomic E-state index is 12.7. The zero-order valence-electron chi connectivity index (χ0n) is 16.7. The van der Waals surface area contributed by atoms with Crippen LogP contribution in [0.3, 0.4) is 0 Å². The first-order chi connectivity index (χ1) is 14.8. The van der Waals surface area contributed by atoms with E-state index in [1.165, 1.54) is 11.8 Å². The van der Waals surface area contributed by atoms with Crippen molar-refractivity contribution < 1.29 is 9.59 Å². The quantitative estimate of drug-likeness (QED) is 0.352. The van der Waals surface area contributed by atoms with E-state index >= 15 is 0 Å². The van der Waals surface area contributed by atoms with Gasteiger partial charge in [0.1, 0.15) is 4.32 Å². The maximum absolute atomic E-state index is 12.7. The number of thioether (sulfide) groups is 1. The molecular formula is C23H20Cl2N2O2S2. The van der Waals surface area contributed by atoms with Gasteiger partial charge in [-0.2, -0.15) is 0 Å². The van der Waals surface area contributed by atoms with Gasteiger partial charge < -0.3 is 5.32 Å². The van der Waals surface area contributed by atoms with Gasteiger partial charge >= 0.3 is 0 Å². The van der Waals surface area contributed by atoms with Crippen molar-refractivity contribution in [3.63, 3.8) is 0 Å². The van der Waals surface area contributed by atoms with Gasteiger partial charge in [-0.15, -0.1) is 0 Å². The third-order valence-electron chi connectivity index (χ3n) is 4.36. The van der Waals surface area contributed by atoms with E-state index < -0.39 is 0 Å². The average Bonchev–Trinajstić information content (AvgIpc) is 2.95. The largest absolute Gasteiger partial charge is 0.326 e. The van der Waals surface area contributed by atoms with Crippen LogP contribution in [0.4, 0.5) is 5.69 Å². The van der Waals surface area contributed by atoms with Gasteiger partial charge in [0.05, 0.1) is 4.91 Å². The molecule has 1 N–H and O–H groups in total. The van der Waals surface area contributed by atoms with Gasteiger partial charge in [0, 0.05) is 28.7 Å². The highest BCUT2D eigenvalue weighted by Gasteiger charge is 2.31. The van der Waals surface area contributed by atoms with E-state index in [-0.39, 0.29) is 18.2 Å². The Morgan fingerprint density at radius 2 is 1.84 bits per heavy atom. The van der Waals surface area contributed by atoms with Crippen molar-refractivity contribution in [2.45, 2.75) is 19.8 Å². The van der Waals surface area contributed by atoms with Crippen LogP contribution in [0.25, 0.3) is 6.08 Å². The van der Waals surface area contributed by atoms with E-state index in [9.17, 15) is 9.59 Å². The summed E-state index contributed by atoms with van der Waals surface area (Å²) in [5, 5.41) is 3.66. The summed E-state index contributed by atoms with van der Waals surface area (Å²) in [6.45, 7) is 2.33. The normalized spacial score (nSPS) is 15.6. The Labute approximate surface area is 201 Å². The summed E-state index contributed by atoms with van der Waals surface area (Å²) in [5.41, 5.74) is 2.57. The predicted octanol–water partition coefficient (Wildman–Crippen LogP) is 6.56. The molecule has 0 radical (unpaired) electrons. The van der Waals surface area contributed by atoms with Gasteiger partial charge in [0.2, 0.25) is 5.91 Å². The fourth-order valence-corrected chi connectivity index (χ4v) is 4.89. The third kappa shape index (κ3) is 6.94. The van der Waals surface area contributed by atoms with Crippen molar-refractivity contribution in [1.29, 1.82) is 0 Å². The zero-order valence-corrected chi connectivity index (χ0v) is 19.9. The number of rotatable bonds is 7. The predicted molar refractivity (Wildman–Crippen MR) is 134 cm³/mol. The van der Waals surface area contributed by atoms with Gasteiger partial charge in [-0.1, -0.05) is 83.6 Å². The Bertz CT molecular complexity index is 1050. The van der Waals surface area contributed by atoms with E-state index in [2.05, 4.69) is 5.32 Å². The second-order valence-corrected chi connectivity index (χ2v) is 9.49. The first-order valence-corrected chi connectivity index (χ1v) is 11.5. The molecule has 2 aromatic rings. The summed E-state index contributed by atoms with van der Waals surface area (Å²) in [6.07, 6.45) is 4.59.